The lowest BCUT2D eigenvalue weighted by Crippen LogP contribution is -2.33. The minimum Gasteiger partial charge on any atom is -0.327 e. The van der Waals surface area contributed by atoms with Crippen molar-refractivity contribution in [3.63, 3.8) is 0 Å². The van der Waals surface area contributed by atoms with E-state index in [2.05, 4.69) is 38.1 Å². The maximum Gasteiger partial charge on any atom is 0.00704 e. The predicted octanol–water partition coefficient (Wildman–Crippen LogP) is 4.08. The zero-order valence-corrected chi connectivity index (χ0v) is 11.9. The maximum absolute atomic E-state index is 6.39. The maximum atomic E-state index is 6.39. The largest absolute Gasteiger partial charge is 0.327 e. The highest BCUT2D eigenvalue weighted by atomic mass is 14.6. The van der Waals surface area contributed by atoms with Gasteiger partial charge in [-0.3, -0.25) is 0 Å². The van der Waals surface area contributed by atoms with Gasteiger partial charge in [0.15, 0.2) is 0 Å². The van der Waals surface area contributed by atoms with Crippen molar-refractivity contribution in [1.29, 1.82) is 0 Å². The first-order valence-electron chi connectivity index (χ1n) is 7.46. The normalized spacial score (nSPS) is 25.9. The smallest absolute Gasteiger partial charge is 0.00704 e. The van der Waals surface area contributed by atoms with E-state index >= 15 is 0 Å². The van der Waals surface area contributed by atoms with Crippen LogP contribution in [0, 0.1) is 18.8 Å². The van der Waals surface area contributed by atoms with Gasteiger partial charge in [-0.05, 0) is 50.0 Å². The molecule has 18 heavy (non-hydrogen) atoms. The summed E-state index contributed by atoms with van der Waals surface area (Å²) in [6.07, 6.45) is 7.74. The van der Waals surface area contributed by atoms with E-state index in [1.54, 1.807) is 0 Å². The molecule has 1 fully saturated rings. The molecule has 1 saturated carbocycles. The average molecular weight is 245 g/mol. The molecule has 0 aliphatic heterocycles. The molecule has 0 amide bonds. The highest BCUT2D eigenvalue weighted by Crippen LogP contribution is 2.31. The van der Waals surface area contributed by atoms with Crippen molar-refractivity contribution in [1.82, 2.24) is 0 Å². The Morgan fingerprint density at radius 1 is 1.22 bits per heavy atom. The molecule has 0 bridgehead atoms. The molecule has 1 aliphatic rings. The Hall–Kier alpha value is -0.820. The highest BCUT2D eigenvalue weighted by Gasteiger charge is 2.23. The van der Waals surface area contributed by atoms with Crippen LogP contribution in [0.3, 0.4) is 0 Å². The Kier molecular flexibility index (Phi) is 4.82. The summed E-state index contributed by atoms with van der Waals surface area (Å²) in [4.78, 5) is 0. The van der Waals surface area contributed by atoms with Crippen molar-refractivity contribution >= 4 is 0 Å². The van der Waals surface area contributed by atoms with Crippen LogP contribution >= 0.6 is 0 Å². The summed E-state index contributed by atoms with van der Waals surface area (Å²) < 4.78 is 0. The van der Waals surface area contributed by atoms with Gasteiger partial charge in [-0.25, -0.2) is 0 Å². The fourth-order valence-electron chi connectivity index (χ4n) is 3.19. The molecule has 1 aromatic rings. The molecule has 0 spiro atoms. The molecule has 3 atom stereocenters. The van der Waals surface area contributed by atoms with Crippen LogP contribution in [0.4, 0.5) is 0 Å². The van der Waals surface area contributed by atoms with Gasteiger partial charge in [-0.15, -0.1) is 0 Å². The van der Waals surface area contributed by atoms with Crippen LogP contribution in [0.1, 0.15) is 50.2 Å². The Bertz CT molecular complexity index is 354. The molecule has 2 N–H and O–H groups in total. The summed E-state index contributed by atoms with van der Waals surface area (Å²) >= 11 is 0. The van der Waals surface area contributed by atoms with Crippen LogP contribution in [0.2, 0.25) is 0 Å². The molecule has 3 unspecified atom stereocenters. The number of aryl methyl sites for hydroxylation is 2. The van der Waals surface area contributed by atoms with Gasteiger partial charge in [0.05, 0.1) is 0 Å². The van der Waals surface area contributed by atoms with Crippen LogP contribution in [0.5, 0.6) is 0 Å². The van der Waals surface area contributed by atoms with Crippen LogP contribution in [0.15, 0.2) is 24.3 Å². The van der Waals surface area contributed by atoms with E-state index in [1.165, 1.54) is 36.8 Å². The molecular formula is C17H27N. The minimum atomic E-state index is 0.397. The summed E-state index contributed by atoms with van der Waals surface area (Å²) in [7, 11) is 0. The number of benzene rings is 1. The van der Waals surface area contributed by atoms with Gasteiger partial charge in [-0.1, -0.05) is 49.6 Å². The van der Waals surface area contributed by atoms with Gasteiger partial charge < -0.3 is 5.73 Å². The molecule has 0 saturated heterocycles. The third-order valence-electron chi connectivity index (χ3n) is 4.47. The molecule has 0 heterocycles. The van der Waals surface area contributed by atoms with Crippen LogP contribution < -0.4 is 5.73 Å². The number of hydrogen-bond donors (Lipinski definition) is 1. The fourth-order valence-corrected chi connectivity index (χ4v) is 3.19. The summed E-state index contributed by atoms with van der Waals surface area (Å²) in [6, 6.07) is 9.28. The summed E-state index contributed by atoms with van der Waals surface area (Å²) in [5.74, 6) is 1.65. The fraction of sp³-hybridized carbons (Fsp3) is 0.647. The monoisotopic (exact) mass is 245 g/mol. The summed E-state index contributed by atoms with van der Waals surface area (Å²) in [6.45, 7) is 4.51. The van der Waals surface area contributed by atoms with E-state index in [0.29, 0.717) is 6.04 Å². The van der Waals surface area contributed by atoms with Crippen molar-refractivity contribution in [2.75, 3.05) is 0 Å². The van der Waals surface area contributed by atoms with Gasteiger partial charge in [0.1, 0.15) is 0 Å². The molecule has 1 aliphatic carbocycles. The van der Waals surface area contributed by atoms with Crippen molar-refractivity contribution in [3.8, 4) is 0 Å². The van der Waals surface area contributed by atoms with Gasteiger partial charge in [0.2, 0.25) is 0 Å². The van der Waals surface area contributed by atoms with E-state index in [1.807, 2.05) is 0 Å². The van der Waals surface area contributed by atoms with Crippen molar-refractivity contribution in [3.05, 3.63) is 35.4 Å². The Morgan fingerprint density at radius 3 is 2.61 bits per heavy atom. The molecule has 1 nitrogen and oxygen atoms in total. The lowest BCUT2D eigenvalue weighted by Gasteiger charge is -2.31. The van der Waals surface area contributed by atoms with Crippen molar-refractivity contribution < 1.29 is 0 Å². The zero-order valence-electron chi connectivity index (χ0n) is 11.9. The summed E-state index contributed by atoms with van der Waals surface area (Å²) in [5, 5.41) is 0. The zero-order chi connectivity index (χ0) is 13.0. The first-order chi connectivity index (χ1) is 8.65. The Balaban J connectivity index is 1.80. The molecular weight excluding hydrogens is 218 g/mol. The van der Waals surface area contributed by atoms with Crippen LogP contribution in [-0.4, -0.2) is 6.04 Å². The lowest BCUT2D eigenvalue weighted by atomic mass is 9.77. The lowest BCUT2D eigenvalue weighted by molar-refractivity contribution is 0.240. The first kappa shape index (κ1) is 13.6. The van der Waals surface area contributed by atoms with E-state index in [-0.39, 0.29) is 0 Å². The van der Waals surface area contributed by atoms with Crippen molar-refractivity contribution in [2.45, 2.75) is 58.4 Å². The summed E-state index contributed by atoms with van der Waals surface area (Å²) in [5.41, 5.74) is 9.16. The quantitative estimate of drug-likeness (QED) is 0.850. The first-order valence-corrected chi connectivity index (χ1v) is 7.46. The average Bonchev–Trinajstić information content (AvgIpc) is 2.38. The third kappa shape index (κ3) is 3.84. The molecule has 1 heteroatoms. The second-order valence-electron chi connectivity index (χ2n) is 6.22. The van der Waals surface area contributed by atoms with E-state index < -0.39 is 0 Å². The van der Waals surface area contributed by atoms with Gasteiger partial charge in [0, 0.05) is 6.04 Å². The van der Waals surface area contributed by atoms with Gasteiger partial charge in [0.25, 0.3) is 0 Å². The predicted molar refractivity (Wildman–Crippen MR) is 78.6 cm³/mol. The molecule has 100 valence electrons. The third-order valence-corrected chi connectivity index (χ3v) is 4.47. The van der Waals surface area contributed by atoms with Gasteiger partial charge in [-0.2, -0.15) is 0 Å². The van der Waals surface area contributed by atoms with Crippen LogP contribution in [0.25, 0.3) is 0 Å². The number of hydrogen-bond acceptors (Lipinski definition) is 1. The highest BCUT2D eigenvalue weighted by molar-refractivity contribution is 5.21. The topological polar surface area (TPSA) is 26.0 Å². The molecule has 0 radical (unpaired) electrons. The van der Waals surface area contributed by atoms with E-state index in [9.17, 15) is 0 Å². The molecule has 2 rings (SSSR count). The van der Waals surface area contributed by atoms with E-state index in [0.717, 1.165) is 24.7 Å². The van der Waals surface area contributed by atoms with Crippen LogP contribution in [-0.2, 0) is 6.42 Å². The Morgan fingerprint density at radius 2 is 1.94 bits per heavy atom. The standard InChI is InChI=1S/C17H27N/c1-13-6-8-15(9-7-13)10-11-17(18)16-5-3-4-14(2)12-16/h6-9,14,16-17H,3-5,10-12,18H2,1-2H3. The molecule has 1 aromatic carbocycles. The second kappa shape index (κ2) is 6.38. The Labute approximate surface area is 112 Å². The number of nitrogens with two attached hydrogens (primary N) is 1. The van der Waals surface area contributed by atoms with Gasteiger partial charge >= 0.3 is 0 Å². The minimum absolute atomic E-state index is 0.397. The molecule has 0 aromatic heterocycles. The number of rotatable bonds is 4. The SMILES string of the molecule is Cc1ccc(CCC(N)C2CCCC(C)C2)cc1. The van der Waals surface area contributed by atoms with E-state index in [4.69, 9.17) is 5.73 Å². The second-order valence-corrected chi connectivity index (χ2v) is 6.22. The van der Waals surface area contributed by atoms with Crippen molar-refractivity contribution in [2.24, 2.45) is 17.6 Å².